The fourth-order valence-corrected chi connectivity index (χ4v) is 3.61. The van der Waals surface area contributed by atoms with Crippen LogP contribution in [-0.2, 0) is 18.9 Å². The average Bonchev–Trinajstić information content (AvgIpc) is 3.03. The first-order valence-electron chi connectivity index (χ1n) is 12.5. The van der Waals surface area contributed by atoms with E-state index in [1.807, 2.05) is 0 Å². The van der Waals surface area contributed by atoms with Gasteiger partial charge in [-0.2, -0.15) is 0 Å². The van der Waals surface area contributed by atoms with Gasteiger partial charge in [0.1, 0.15) is 60.6 Å². The molecule has 3 rings (SSSR count). The van der Waals surface area contributed by atoms with Crippen molar-refractivity contribution in [1.29, 1.82) is 0 Å². The Morgan fingerprint density at radius 3 is 1.24 bits per heavy atom. The predicted octanol–water partition coefficient (Wildman–Crippen LogP) is 3.75. The predicted molar refractivity (Wildman–Crippen MR) is 147 cm³/mol. The number of carbonyl (C=O) groups excluding carboxylic acids is 4. The molecular weight excluding hydrogens is 552 g/mol. The van der Waals surface area contributed by atoms with Gasteiger partial charge < -0.3 is 37.9 Å². The van der Waals surface area contributed by atoms with Gasteiger partial charge in [0.25, 0.3) is 0 Å². The van der Waals surface area contributed by atoms with Crippen LogP contribution in [0.5, 0.6) is 23.0 Å². The summed E-state index contributed by atoms with van der Waals surface area (Å²) in [5.41, 5.74) is 0.733. The van der Waals surface area contributed by atoms with E-state index in [1.165, 1.54) is 64.8 Å². The highest BCUT2D eigenvalue weighted by atomic mass is 16.6. The standard InChI is InChI=1S/C30H30O12/c1-35-27(31)19-8-10-23(29(33)37-3)25(16-19)41-14-12-39-21-6-5-7-22(18-21)40-13-15-42-26-17-20(28(32)36-2)9-11-24(26)30(34)38-4/h5-11,16-18H,12-15H2,1-4H3. The summed E-state index contributed by atoms with van der Waals surface area (Å²) in [5, 5.41) is 0. The van der Waals surface area contributed by atoms with Gasteiger partial charge in [-0.05, 0) is 48.5 Å². The van der Waals surface area contributed by atoms with Gasteiger partial charge in [0, 0.05) is 6.07 Å². The van der Waals surface area contributed by atoms with Gasteiger partial charge >= 0.3 is 23.9 Å². The number of ether oxygens (including phenoxy) is 8. The number of carbonyl (C=O) groups is 4. The van der Waals surface area contributed by atoms with Crippen LogP contribution >= 0.6 is 0 Å². The zero-order valence-electron chi connectivity index (χ0n) is 23.5. The Kier molecular flexibility index (Phi) is 11.5. The lowest BCUT2D eigenvalue weighted by atomic mass is 10.1. The average molecular weight is 583 g/mol. The van der Waals surface area contributed by atoms with Crippen LogP contribution < -0.4 is 18.9 Å². The van der Waals surface area contributed by atoms with Crippen molar-refractivity contribution in [2.75, 3.05) is 54.9 Å². The van der Waals surface area contributed by atoms with Crippen molar-refractivity contribution in [3.63, 3.8) is 0 Å². The minimum absolute atomic E-state index is 0.0563. The first kappa shape index (κ1) is 31.3. The van der Waals surface area contributed by atoms with Crippen LogP contribution in [0.3, 0.4) is 0 Å². The van der Waals surface area contributed by atoms with Gasteiger partial charge in [0.15, 0.2) is 0 Å². The summed E-state index contributed by atoms with van der Waals surface area (Å²) in [5.74, 6) is -1.10. The Morgan fingerprint density at radius 1 is 0.476 bits per heavy atom. The molecule has 0 aliphatic carbocycles. The molecule has 0 heterocycles. The summed E-state index contributed by atoms with van der Waals surface area (Å²) in [7, 11) is 4.99. The van der Waals surface area contributed by atoms with Gasteiger partial charge in [-0.25, -0.2) is 19.2 Å². The molecule has 0 aliphatic rings. The van der Waals surface area contributed by atoms with E-state index in [9.17, 15) is 19.2 Å². The molecule has 0 unspecified atom stereocenters. The lowest BCUT2D eigenvalue weighted by Gasteiger charge is -2.14. The first-order chi connectivity index (χ1) is 20.3. The summed E-state index contributed by atoms with van der Waals surface area (Å²) < 4.78 is 41.8. The quantitative estimate of drug-likeness (QED) is 0.155. The molecule has 0 atom stereocenters. The number of esters is 4. The normalized spacial score (nSPS) is 10.2. The van der Waals surface area contributed by atoms with Crippen LogP contribution in [0.25, 0.3) is 0 Å². The Balaban J connectivity index is 1.54. The van der Waals surface area contributed by atoms with E-state index in [0.29, 0.717) is 11.5 Å². The highest BCUT2D eigenvalue weighted by Crippen LogP contribution is 2.24. The molecule has 12 heteroatoms. The molecule has 0 fully saturated rings. The van der Waals surface area contributed by atoms with E-state index in [0.717, 1.165) is 0 Å². The highest BCUT2D eigenvalue weighted by molar-refractivity contribution is 5.96. The molecule has 3 aromatic rings. The third-order valence-corrected chi connectivity index (χ3v) is 5.64. The molecule has 0 amide bonds. The molecule has 0 saturated carbocycles. The minimum Gasteiger partial charge on any atom is -0.490 e. The third kappa shape index (κ3) is 8.37. The molecular formula is C30H30O12. The molecule has 0 aromatic heterocycles. The van der Waals surface area contributed by atoms with E-state index in [-0.39, 0.29) is 60.2 Å². The summed E-state index contributed by atoms with van der Waals surface area (Å²) in [6.45, 7) is 0.340. The monoisotopic (exact) mass is 582 g/mol. The largest absolute Gasteiger partial charge is 0.490 e. The molecule has 0 N–H and O–H groups in total. The van der Waals surface area contributed by atoms with Crippen molar-refractivity contribution in [1.82, 2.24) is 0 Å². The maximum atomic E-state index is 12.1. The van der Waals surface area contributed by atoms with Crippen molar-refractivity contribution < 1.29 is 57.1 Å². The fraction of sp³-hybridized carbons (Fsp3) is 0.267. The molecule has 0 spiro atoms. The van der Waals surface area contributed by atoms with Crippen LogP contribution in [0.1, 0.15) is 41.4 Å². The smallest absolute Gasteiger partial charge is 0.341 e. The van der Waals surface area contributed by atoms with E-state index < -0.39 is 23.9 Å². The SMILES string of the molecule is COC(=O)c1ccc(C(=O)OC)c(OCCOc2cccc(OCCOc3cc(C(=O)OC)ccc3C(=O)OC)c2)c1. The summed E-state index contributed by atoms with van der Waals surface area (Å²) in [4.78, 5) is 47.9. The molecule has 0 bridgehead atoms. The highest BCUT2D eigenvalue weighted by Gasteiger charge is 2.18. The molecule has 0 radical (unpaired) electrons. The fourth-order valence-electron chi connectivity index (χ4n) is 3.61. The van der Waals surface area contributed by atoms with Crippen LogP contribution in [-0.4, -0.2) is 78.7 Å². The lowest BCUT2D eigenvalue weighted by molar-refractivity contribution is 0.0581. The Morgan fingerprint density at radius 2 is 0.857 bits per heavy atom. The second kappa shape index (κ2) is 15.5. The van der Waals surface area contributed by atoms with Crippen LogP contribution in [0.4, 0.5) is 0 Å². The van der Waals surface area contributed by atoms with E-state index >= 15 is 0 Å². The van der Waals surface area contributed by atoms with Crippen molar-refractivity contribution in [3.05, 3.63) is 82.9 Å². The third-order valence-electron chi connectivity index (χ3n) is 5.64. The molecule has 12 nitrogen and oxygen atoms in total. The van der Waals surface area contributed by atoms with E-state index in [1.54, 1.807) is 24.3 Å². The van der Waals surface area contributed by atoms with Crippen LogP contribution in [0, 0.1) is 0 Å². The topological polar surface area (TPSA) is 142 Å². The Labute approximate surface area is 241 Å². The summed E-state index contributed by atoms with van der Waals surface area (Å²) in [6, 6.07) is 15.4. The van der Waals surface area contributed by atoms with Crippen LogP contribution in [0.2, 0.25) is 0 Å². The maximum Gasteiger partial charge on any atom is 0.341 e. The van der Waals surface area contributed by atoms with Crippen molar-refractivity contribution >= 4 is 23.9 Å². The Hall–Kier alpha value is -5.26. The van der Waals surface area contributed by atoms with Gasteiger partial charge in [0.2, 0.25) is 0 Å². The molecule has 0 saturated heterocycles. The zero-order chi connectivity index (χ0) is 30.5. The summed E-state index contributed by atoms with van der Waals surface area (Å²) >= 11 is 0. The number of hydrogen-bond donors (Lipinski definition) is 0. The van der Waals surface area contributed by atoms with Crippen molar-refractivity contribution in [2.45, 2.75) is 0 Å². The molecule has 222 valence electrons. The van der Waals surface area contributed by atoms with E-state index in [2.05, 4.69) is 0 Å². The van der Waals surface area contributed by atoms with Crippen molar-refractivity contribution in [2.24, 2.45) is 0 Å². The van der Waals surface area contributed by atoms with Gasteiger partial charge in [-0.1, -0.05) is 6.07 Å². The zero-order valence-corrected chi connectivity index (χ0v) is 23.5. The first-order valence-corrected chi connectivity index (χ1v) is 12.5. The second-order valence-corrected chi connectivity index (χ2v) is 8.26. The van der Waals surface area contributed by atoms with Gasteiger partial charge in [-0.3, -0.25) is 0 Å². The van der Waals surface area contributed by atoms with Crippen LogP contribution in [0.15, 0.2) is 60.7 Å². The summed E-state index contributed by atoms with van der Waals surface area (Å²) in [6.07, 6.45) is 0. The molecule has 0 aliphatic heterocycles. The second-order valence-electron chi connectivity index (χ2n) is 8.26. The number of rotatable bonds is 14. The molecule has 3 aromatic carbocycles. The molecule has 42 heavy (non-hydrogen) atoms. The minimum atomic E-state index is -0.617. The lowest BCUT2D eigenvalue weighted by Crippen LogP contribution is -2.14. The number of hydrogen-bond acceptors (Lipinski definition) is 12. The number of methoxy groups -OCH3 is 4. The van der Waals surface area contributed by atoms with E-state index in [4.69, 9.17) is 37.9 Å². The maximum absolute atomic E-state index is 12.1. The number of benzene rings is 3. The van der Waals surface area contributed by atoms with Gasteiger partial charge in [-0.15, -0.1) is 0 Å². The van der Waals surface area contributed by atoms with Crippen molar-refractivity contribution in [3.8, 4) is 23.0 Å². The Bertz CT molecular complexity index is 1310. The van der Waals surface area contributed by atoms with Gasteiger partial charge in [0.05, 0.1) is 39.6 Å².